The molecule has 0 nitrogen and oxygen atoms in total. The lowest BCUT2D eigenvalue weighted by molar-refractivity contribution is 0.631. The van der Waals surface area contributed by atoms with Crippen LogP contribution in [0.1, 0.15) is 44.9 Å². The highest BCUT2D eigenvalue weighted by molar-refractivity contribution is 4.74. The molecular weight excluding hydrogens is 108 g/mol. The summed E-state index contributed by atoms with van der Waals surface area (Å²) in [5.41, 5.74) is 0. The maximum Gasteiger partial charge on any atom is -0.0279 e. The molecule has 51 valence electrons. The average Bonchev–Trinajstić information content (AvgIpc) is 2.00. The van der Waals surface area contributed by atoms with Crippen LogP contribution in [0.5, 0.6) is 0 Å². The van der Waals surface area contributed by atoms with Crippen molar-refractivity contribution in [2.45, 2.75) is 44.9 Å². The molecular formula is C9H15. The second-order valence-corrected chi connectivity index (χ2v) is 2.71. The lowest BCUT2D eigenvalue weighted by Crippen LogP contribution is -1.74. The second-order valence-electron chi connectivity index (χ2n) is 2.71. The van der Waals surface area contributed by atoms with Crippen LogP contribution in [0.15, 0.2) is 6.08 Å². The van der Waals surface area contributed by atoms with Crippen LogP contribution in [0.3, 0.4) is 0 Å². The minimum absolute atomic E-state index is 1.19. The summed E-state index contributed by atoms with van der Waals surface area (Å²) in [7, 11) is 0. The molecule has 9 heavy (non-hydrogen) atoms. The second kappa shape index (κ2) is 4.60. The smallest absolute Gasteiger partial charge is 0.0279 e. The van der Waals surface area contributed by atoms with Crippen LogP contribution in [0.4, 0.5) is 0 Å². The fraction of sp³-hybridized carbons (Fsp3) is 0.778. The van der Waals surface area contributed by atoms with Gasteiger partial charge >= 0.3 is 0 Å². The van der Waals surface area contributed by atoms with Gasteiger partial charge in [-0.05, 0) is 31.8 Å². The number of hydrogen-bond donors (Lipinski definition) is 0. The molecule has 1 aliphatic rings. The first-order chi connectivity index (χ1) is 4.50. The van der Waals surface area contributed by atoms with Crippen molar-refractivity contribution in [1.82, 2.24) is 0 Å². The highest BCUT2D eigenvalue weighted by Gasteiger charge is 1.91. The third-order valence-electron chi connectivity index (χ3n) is 1.81. The molecule has 0 unspecified atom stereocenters. The predicted octanol–water partition coefficient (Wildman–Crippen LogP) is 3.09. The summed E-state index contributed by atoms with van der Waals surface area (Å²) >= 11 is 0. The summed E-state index contributed by atoms with van der Waals surface area (Å²) in [5, 5.41) is 0. The first-order valence-electron chi connectivity index (χ1n) is 4.05. The molecule has 0 spiro atoms. The first-order valence-corrected chi connectivity index (χ1v) is 4.05. The monoisotopic (exact) mass is 123 g/mol. The zero-order chi connectivity index (χ0) is 6.36. The SMILES string of the molecule is [C]1=C\CCCCCCC/1. The molecule has 0 aromatic heterocycles. The van der Waals surface area contributed by atoms with Crippen LogP contribution in [0.25, 0.3) is 0 Å². The van der Waals surface area contributed by atoms with Gasteiger partial charge in [0, 0.05) is 0 Å². The lowest BCUT2D eigenvalue weighted by atomic mass is 10.1. The molecule has 0 fully saturated rings. The molecule has 1 rings (SSSR count). The van der Waals surface area contributed by atoms with Gasteiger partial charge in [0.05, 0.1) is 0 Å². The van der Waals surface area contributed by atoms with E-state index in [1.807, 2.05) is 0 Å². The van der Waals surface area contributed by atoms with Gasteiger partial charge in [-0.2, -0.15) is 0 Å². The van der Waals surface area contributed by atoms with E-state index >= 15 is 0 Å². The van der Waals surface area contributed by atoms with Gasteiger partial charge in [-0.1, -0.05) is 25.3 Å². The van der Waals surface area contributed by atoms with Crippen molar-refractivity contribution in [2.24, 2.45) is 0 Å². The van der Waals surface area contributed by atoms with Gasteiger partial charge in [-0.3, -0.25) is 0 Å². The lowest BCUT2D eigenvalue weighted by Gasteiger charge is -1.93. The van der Waals surface area contributed by atoms with Crippen LogP contribution in [0.2, 0.25) is 0 Å². The van der Waals surface area contributed by atoms with Crippen molar-refractivity contribution in [3.05, 3.63) is 12.2 Å². The minimum atomic E-state index is 1.19. The van der Waals surface area contributed by atoms with Gasteiger partial charge in [-0.15, -0.1) is 0 Å². The summed E-state index contributed by atoms with van der Waals surface area (Å²) in [6.45, 7) is 0. The fourth-order valence-corrected chi connectivity index (χ4v) is 1.21. The van der Waals surface area contributed by atoms with E-state index in [2.05, 4.69) is 12.2 Å². The summed E-state index contributed by atoms with van der Waals surface area (Å²) in [6.07, 6.45) is 15.0. The molecule has 0 bridgehead atoms. The third-order valence-corrected chi connectivity index (χ3v) is 1.81. The minimum Gasteiger partial charge on any atom is -0.0811 e. The fourth-order valence-electron chi connectivity index (χ4n) is 1.21. The molecule has 0 aromatic rings. The largest absolute Gasteiger partial charge is 0.0811 e. The van der Waals surface area contributed by atoms with Crippen LogP contribution in [0, 0.1) is 6.08 Å². The summed E-state index contributed by atoms with van der Waals surface area (Å²) in [4.78, 5) is 0. The van der Waals surface area contributed by atoms with E-state index in [0.717, 1.165) is 0 Å². The van der Waals surface area contributed by atoms with E-state index in [9.17, 15) is 0 Å². The van der Waals surface area contributed by atoms with Gasteiger partial charge in [0.1, 0.15) is 0 Å². The maximum absolute atomic E-state index is 3.30. The van der Waals surface area contributed by atoms with Crippen LogP contribution in [-0.2, 0) is 0 Å². The molecule has 0 atom stereocenters. The Morgan fingerprint density at radius 2 is 1.67 bits per heavy atom. The average molecular weight is 123 g/mol. The Morgan fingerprint density at radius 3 is 2.67 bits per heavy atom. The van der Waals surface area contributed by atoms with E-state index in [-0.39, 0.29) is 0 Å². The van der Waals surface area contributed by atoms with Gasteiger partial charge in [0.25, 0.3) is 0 Å². The highest BCUT2D eigenvalue weighted by atomic mass is 14.0. The quantitative estimate of drug-likeness (QED) is 0.464. The third kappa shape index (κ3) is 3.34. The van der Waals surface area contributed by atoms with Crippen molar-refractivity contribution in [3.63, 3.8) is 0 Å². The van der Waals surface area contributed by atoms with Gasteiger partial charge in [0.2, 0.25) is 0 Å². The van der Waals surface area contributed by atoms with Crippen molar-refractivity contribution in [2.75, 3.05) is 0 Å². The Hall–Kier alpha value is -0.260. The molecule has 0 aromatic carbocycles. The van der Waals surface area contributed by atoms with Crippen LogP contribution < -0.4 is 0 Å². The van der Waals surface area contributed by atoms with Gasteiger partial charge in [-0.25, -0.2) is 0 Å². The summed E-state index contributed by atoms with van der Waals surface area (Å²) in [5.74, 6) is 0. The zero-order valence-electron chi connectivity index (χ0n) is 6.03. The highest BCUT2D eigenvalue weighted by Crippen LogP contribution is 2.10. The predicted molar refractivity (Wildman–Crippen MR) is 40.1 cm³/mol. The Balaban J connectivity index is 2.15. The molecule has 0 heteroatoms. The van der Waals surface area contributed by atoms with Crippen molar-refractivity contribution in [3.8, 4) is 0 Å². The normalized spacial score (nSPS) is 25.8. The van der Waals surface area contributed by atoms with E-state index < -0.39 is 0 Å². The molecule has 0 saturated heterocycles. The Kier molecular flexibility index (Phi) is 3.51. The topological polar surface area (TPSA) is 0 Å². The maximum atomic E-state index is 3.30. The Labute approximate surface area is 58.0 Å². The molecule has 1 radical (unpaired) electrons. The number of allylic oxidation sites excluding steroid dienone is 2. The molecule has 0 saturated carbocycles. The van der Waals surface area contributed by atoms with E-state index in [1.165, 1.54) is 44.9 Å². The van der Waals surface area contributed by atoms with E-state index in [1.54, 1.807) is 0 Å². The molecule has 1 aliphatic carbocycles. The van der Waals surface area contributed by atoms with Crippen molar-refractivity contribution in [1.29, 1.82) is 0 Å². The molecule has 0 N–H and O–H groups in total. The summed E-state index contributed by atoms with van der Waals surface area (Å²) < 4.78 is 0. The number of hydrogen-bond acceptors (Lipinski definition) is 0. The molecule has 0 amide bonds. The number of rotatable bonds is 0. The van der Waals surface area contributed by atoms with Crippen molar-refractivity contribution < 1.29 is 0 Å². The van der Waals surface area contributed by atoms with Crippen LogP contribution in [-0.4, -0.2) is 0 Å². The first kappa shape index (κ1) is 6.85. The van der Waals surface area contributed by atoms with E-state index in [4.69, 9.17) is 0 Å². The van der Waals surface area contributed by atoms with Gasteiger partial charge < -0.3 is 0 Å². The van der Waals surface area contributed by atoms with Crippen molar-refractivity contribution >= 4 is 0 Å². The Bertz CT molecular complexity index is 72.0. The summed E-state index contributed by atoms with van der Waals surface area (Å²) in [6, 6.07) is 0. The molecule has 0 heterocycles. The zero-order valence-corrected chi connectivity index (χ0v) is 6.03. The van der Waals surface area contributed by atoms with Gasteiger partial charge in [0.15, 0.2) is 0 Å². The van der Waals surface area contributed by atoms with Crippen LogP contribution >= 0.6 is 0 Å². The van der Waals surface area contributed by atoms with E-state index in [0.29, 0.717) is 0 Å². The Morgan fingerprint density at radius 1 is 0.889 bits per heavy atom. The molecule has 0 aliphatic heterocycles. The standard InChI is InChI=1S/C9H15/c1-2-4-6-8-9-7-5-3-1/h1H,2,4-9H2.